The number of hydrogen-bond acceptors (Lipinski definition) is 2. The zero-order valence-electron chi connectivity index (χ0n) is 14.2. The smallest absolute Gasteiger partial charge is 0.240 e. The molecule has 1 N–H and O–H groups in total. The Bertz CT molecular complexity index is 763. The molecular weight excluding hydrogens is 343 g/mol. The van der Waals surface area contributed by atoms with E-state index in [1.807, 2.05) is 6.92 Å². The van der Waals surface area contributed by atoms with Crippen LogP contribution >= 0.6 is 11.6 Å². The van der Waals surface area contributed by atoms with Crippen LogP contribution in [0.1, 0.15) is 18.1 Å². The Morgan fingerprint density at radius 1 is 1.16 bits per heavy atom. The summed E-state index contributed by atoms with van der Waals surface area (Å²) >= 11 is 6.00. The summed E-state index contributed by atoms with van der Waals surface area (Å²) in [7, 11) is 0. The molecule has 2 amide bonds. The normalized spacial score (nSPS) is 10.4. The summed E-state index contributed by atoms with van der Waals surface area (Å²) in [6.45, 7) is 3.59. The van der Waals surface area contributed by atoms with E-state index in [9.17, 15) is 14.0 Å². The van der Waals surface area contributed by atoms with Crippen LogP contribution in [0.5, 0.6) is 0 Å². The fourth-order valence-electron chi connectivity index (χ4n) is 2.44. The van der Waals surface area contributed by atoms with Gasteiger partial charge in [-0.1, -0.05) is 29.8 Å². The monoisotopic (exact) mass is 362 g/mol. The van der Waals surface area contributed by atoms with Gasteiger partial charge < -0.3 is 10.2 Å². The first-order valence-electron chi connectivity index (χ1n) is 7.92. The molecule has 6 heteroatoms. The summed E-state index contributed by atoms with van der Waals surface area (Å²) in [6, 6.07) is 11.3. The van der Waals surface area contributed by atoms with Gasteiger partial charge in [0.15, 0.2) is 0 Å². The minimum absolute atomic E-state index is 0.0834. The summed E-state index contributed by atoms with van der Waals surface area (Å²) in [4.78, 5) is 25.5. The molecule has 2 aromatic carbocycles. The Morgan fingerprint density at radius 3 is 2.48 bits per heavy atom. The van der Waals surface area contributed by atoms with E-state index in [0.717, 1.165) is 11.1 Å². The molecule has 0 bridgehead atoms. The van der Waals surface area contributed by atoms with E-state index in [0.29, 0.717) is 23.7 Å². The van der Waals surface area contributed by atoms with Gasteiger partial charge in [-0.05, 0) is 48.7 Å². The fraction of sp³-hybridized carbons (Fsp3) is 0.263. The number of halogens is 2. The van der Waals surface area contributed by atoms with Crippen molar-refractivity contribution in [3.05, 3.63) is 64.4 Å². The molecule has 0 atom stereocenters. The van der Waals surface area contributed by atoms with Crippen molar-refractivity contribution < 1.29 is 14.0 Å². The third-order valence-corrected chi connectivity index (χ3v) is 4.03. The molecule has 0 fully saturated rings. The summed E-state index contributed by atoms with van der Waals surface area (Å²) < 4.78 is 12.9. The maximum atomic E-state index is 12.9. The van der Waals surface area contributed by atoms with Crippen LogP contribution in [0.3, 0.4) is 0 Å². The third kappa shape index (κ3) is 5.57. The Kier molecular flexibility index (Phi) is 6.53. The summed E-state index contributed by atoms with van der Waals surface area (Å²) in [5.41, 5.74) is 2.41. The van der Waals surface area contributed by atoms with Crippen LogP contribution in [0.15, 0.2) is 42.5 Å². The average molecular weight is 363 g/mol. The molecule has 0 spiro atoms. The number of nitrogens with one attached hydrogen (secondary N) is 1. The lowest BCUT2D eigenvalue weighted by atomic mass is 10.1. The molecule has 4 nitrogen and oxygen atoms in total. The highest BCUT2D eigenvalue weighted by molar-refractivity contribution is 6.31. The molecule has 0 aliphatic carbocycles. The molecule has 0 aliphatic heterocycles. The van der Waals surface area contributed by atoms with Crippen LogP contribution in [0, 0.1) is 12.7 Å². The number of rotatable bonds is 6. The van der Waals surface area contributed by atoms with Crippen LogP contribution in [0.2, 0.25) is 5.02 Å². The number of hydrogen-bond donors (Lipinski definition) is 1. The summed E-state index contributed by atoms with van der Waals surface area (Å²) in [5.74, 6) is -0.794. The fourth-order valence-corrected chi connectivity index (χ4v) is 2.60. The molecule has 132 valence electrons. The van der Waals surface area contributed by atoms with Crippen molar-refractivity contribution in [2.75, 3.05) is 18.0 Å². The van der Waals surface area contributed by atoms with E-state index >= 15 is 0 Å². The summed E-state index contributed by atoms with van der Waals surface area (Å²) in [5, 5.41) is 3.28. The lowest BCUT2D eigenvalue weighted by Gasteiger charge is -2.23. The molecule has 0 aliphatic rings. The number of amides is 2. The number of benzene rings is 2. The Morgan fingerprint density at radius 2 is 1.84 bits per heavy atom. The predicted molar refractivity (Wildman–Crippen MR) is 97.3 cm³/mol. The van der Waals surface area contributed by atoms with Crippen LogP contribution in [-0.2, 0) is 16.0 Å². The van der Waals surface area contributed by atoms with E-state index in [-0.39, 0.29) is 24.2 Å². The van der Waals surface area contributed by atoms with Crippen molar-refractivity contribution in [2.24, 2.45) is 0 Å². The lowest BCUT2D eigenvalue weighted by molar-refractivity contribution is -0.123. The Balaban J connectivity index is 1.95. The van der Waals surface area contributed by atoms with Gasteiger partial charge in [-0.15, -0.1) is 0 Å². The highest BCUT2D eigenvalue weighted by Crippen LogP contribution is 2.24. The van der Waals surface area contributed by atoms with Gasteiger partial charge in [0.2, 0.25) is 11.8 Å². The van der Waals surface area contributed by atoms with Gasteiger partial charge in [0.05, 0.1) is 0 Å². The zero-order valence-corrected chi connectivity index (χ0v) is 14.9. The van der Waals surface area contributed by atoms with Gasteiger partial charge >= 0.3 is 0 Å². The molecule has 0 unspecified atom stereocenters. The van der Waals surface area contributed by atoms with Gasteiger partial charge in [-0.3, -0.25) is 9.59 Å². The molecule has 2 rings (SSSR count). The molecule has 0 radical (unpaired) electrons. The van der Waals surface area contributed by atoms with Gasteiger partial charge in [0.1, 0.15) is 12.4 Å². The highest BCUT2D eigenvalue weighted by atomic mass is 35.5. The standard InChI is InChI=1S/C19H20ClFN2O2/c1-13-3-6-16(20)11-18(13)23(14(2)24)12-19(25)22-10-9-15-4-7-17(21)8-5-15/h3-8,11H,9-10,12H2,1-2H3,(H,22,25). The Labute approximate surface area is 151 Å². The molecule has 0 heterocycles. The highest BCUT2D eigenvalue weighted by Gasteiger charge is 2.17. The molecule has 0 saturated carbocycles. The number of anilines is 1. The molecular formula is C19H20ClFN2O2. The number of aryl methyl sites for hydroxylation is 1. The van der Waals surface area contributed by atoms with Crippen LogP contribution in [-0.4, -0.2) is 24.9 Å². The van der Waals surface area contributed by atoms with Gasteiger partial charge in [-0.25, -0.2) is 4.39 Å². The van der Waals surface area contributed by atoms with E-state index in [2.05, 4.69) is 5.32 Å². The van der Waals surface area contributed by atoms with E-state index in [1.54, 1.807) is 30.3 Å². The van der Waals surface area contributed by atoms with Crippen molar-refractivity contribution in [1.82, 2.24) is 5.32 Å². The van der Waals surface area contributed by atoms with Crippen molar-refractivity contribution >= 4 is 29.1 Å². The average Bonchev–Trinajstić information content (AvgIpc) is 2.56. The second kappa shape index (κ2) is 8.62. The largest absolute Gasteiger partial charge is 0.354 e. The second-order valence-corrected chi connectivity index (χ2v) is 6.20. The zero-order chi connectivity index (χ0) is 18.4. The van der Waals surface area contributed by atoms with Crippen LogP contribution in [0.25, 0.3) is 0 Å². The topological polar surface area (TPSA) is 49.4 Å². The molecule has 0 aromatic heterocycles. The number of carbonyl (C=O) groups excluding carboxylic acids is 2. The quantitative estimate of drug-likeness (QED) is 0.855. The van der Waals surface area contributed by atoms with E-state index in [4.69, 9.17) is 11.6 Å². The first kappa shape index (κ1) is 18.9. The molecule has 0 saturated heterocycles. The van der Waals surface area contributed by atoms with Crippen molar-refractivity contribution in [3.8, 4) is 0 Å². The Hall–Kier alpha value is -2.40. The minimum Gasteiger partial charge on any atom is -0.354 e. The predicted octanol–water partition coefficient (Wildman–Crippen LogP) is 3.50. The lowest BCUT2D eigenvalue weighted by Crippen LogP contribution is -2.40. The number of carbonyl (C=O) groups is 2. The van der Waals surface area contributed by atoms with Gasteiger partial charge in [-0.2, -0.15) is 0 Å². The maximum Gasteiger partial charge on any atom is 0.240 e. The molecule has 2 aromatic rings. The van der Waals surface area contributed by atoms with Crippen LogP contribution < -0.4 is 10.2 Å². The van der Waals surface area contributed by atoms with Crippen LogP contribution in [0.4, 0.5) is 10.1 Å². The van der Waals surface area contributed by atoms with Gasteiger partial charge in [0, 0.05) is 24.2 Å². The maximum absolute atomic E-state index is 12.9. The SMILES string of the molecule is CC(=O)N(CC(=O)NCCc1ccc(F)cc1)c1cc(Cl)ccc1C. The van der Waals surface area contributed by atoms with E-state index < -0.39 is 0 Å². The first-order valence-corrected chi connectivity index (χ1v) is 8.30. The van der Waals surface area contributed by atoms with Crippen molar-refractivity contribution in [1.29, 1.82) is 0 Å². The first-order chi connectivity index (χ1) is 11.9. The third-order valence-electron chi connectivity index (χ3n) is 3.79. The molecule has 25 heavy (non-hydrogen) atoms. The van der Waals surface area contributed by atoms with Crippen molar-refractivity contribution in [3.63, 3.8) is 0 Å². The van der Waals surface area contributed by atoms with Crippen molar-refractivity contribution in [2.45, 2.75) is 20.3 Å². The summed E-state index contributed by atoms with van der Waals surface area (Å²) in [6.07, 6.45) is 0.586. The van der Waals surface area contributed by atoms with E-state index in [1.165, 1.54) is 24.0 Å². The minimum atomic E-state index is -0.290. The van der Waals surface area contributed by atoms with Gasteiger partial charge in [0.25, 0.3) is 0 Å². The number of nitrogens with zero attached hydrogens (tertiary/aromatic N) is 1. The second-order valence-electron chi connectivity index (χ2n) is 5.76.